The van der Waals surface area contributed by atoms with Crippen LogP contribution < -0.4 is 0 Å². The van der Waals surface area contributed by atoms with E-state index < -0.39 is 0 Å². The molecule has 1 aromatic heterocycles. The van der Waals surface area contributed by atoms with Gasteiger partial charge in [0, 0.05) is 49.2 Å². The van der Waals surface area contributed by atoms with E-state index in [1.165, 1.54) is 26.9 Å². The highest BCUT2D eigenvalue weighted by atomic mass is 16.2. The summed E-state index contributed by atoms with van der Waals surface area (Å²) >= 11 is 0. The van der Waals surface area contributed by atoms with Crippen LogP contribution in [-0.4, -0.2) is 77.8 Å². The number of H-pyrrole nitrogens is 1. The second-order valence-corrected chi connectivity index (χ2v) is 8.52. The first-order chi connectivity index (χ1) is 13.0. The second-order valence-electron chi connectivity index (χ2n) is 8.52. The maximum atomic E-state index is 12.0. The summed E-state index contributed by atoms with van der Waals surface area (Å²) < 4.78 is 0. The fraction of sp³-hybridized carbons (Fsp3) is 0.524. The fourth-order valence-corrected chi connectivity index (χ4v) is 5.47. The molecule has 2 amide bonds. The molecule has 0 bridgehead atoms. The molecule has 27 heavy (non-hydrogen) atoms. The number of amides is 2. The van der Waals surface area contributed by atoms with Gasteiger partial charge in [0.25, 0.3) is 0 Å². The van der Waals surface area contributed by atoms with Crippen LogP contribution in [0, 0.1) is 5.92 Å². The SMILES string of the molecule is CN1C(=O)CN(C[C@@H]2C[C@@H]3c4cccc5[nH]cc(c45)C[C@H]3N(C)C2)CC1=O. The van der Waals surface area contributed by atoms with Gasteiger partial charge in [-0.15, -0.1) is 0 Å². The molecule has 2 saturated heterocycles. The van der Waals surface area contributed by atoms with E-state index in [9.17, 15) is 9.59 Å². The Kier molecular flexibility index (Phi) is 3.88. The Morgan fingerprint density at radius 2 is 1.93 bits per heavy atom. The van der Waals surface area contributed by atoms with Crippen molar-refractivity contribution in [2.24, 2.45) is 5.92 Å². The van der Waals surface area contributed by atoms with Crippen LogP contribution in [0.1, 0.15) is 23.5 Å². The van der Waals surface area contributed by atoms with Crippen molar-refractivity contribution in [2.75, 3.05) is 40.3 Å². The lowest BCUT2D eigenvalue weighted by atomic mass is 9.72. The van der Waals surface area contributed by atoms with E-state index in [1.54, 1.807) is 7.05 Å². The third kappa shape index (κ3) is 2.70. The van der Waals surface area contributed by atoms with Crippen molar-refractivity contribution < 1.29 is 9.59 Å². The van der Waals surface area contributed by atoms with Gasteiger partial charge in [0.2, 0.25) is 11.8 Å². The quantitative estimate of drug-likeness (QED) is 0.817. The first kappa shape index (κ1) is 17.0. The maximum absolute atomic E-state index is 12.0. The molecular formula is C21H26N4O2. The predicted molar refractivity (Wildman–Crippen MR) is 103 cm³/mol. The van der Waals surface area contributed by atoms with E-state index in [1.807, 2.05) is 4.90 Å². The number of nitrogens with one attached hydrogen (secondary N) is 1. The van der Waals surface area contributed by atoms with Crippen LogP contribution in [-0.2, 0) is 16.0 Å². The fourth-order valence-electron chi connectivity index (χ4n) is 5.47. The Bertz CT molecular complexity index is 902. The molecule has 2 aromatic rings. The molecule has 3 aliphatic rings. The number of likely N-dealkylation sites (N-methyl/N-ethyl adjacent to an activating group) is 2. The number of likely N-dealkylation sites (tertiary alicyclic amines) is 1. The molecule has 2 aliphatic heterocycles. The van der Waals surface area contributed by atoms with Crippen molar-refractivity contribution in [1.82, 2.24) is 19.7 Å². The zero-order chi connectivity index (χ0) is 18.7. The number of carbonyl (C=O) groups is 2. The molecule has 142 valence electrons. The molecule has 0 unspecified atom stereocenters. The minimum absolute atomic E-state index is 0.0901. The van der Waals surface area contributed by atoms with Crippen LogP contribution in [0.5, 0.6) is 0 Å². The molecule has 0 radical (unpaired) electrons. The summed E-state index contributed by atoms with van der Waals surface area (Å²) in [7, 11) is 3.81. The Morgan fingerprint density at radius 1 is 1.15 bits per heavy atom. The van der Waals surface area contributed by atoms with Gasteiger partial charge in [0.1, 0.15) is 0 Å². The molecule has 1 aromatic carbocycles. The van der Waals surface area contributed by atoms with Gasteiger partial charge in [-0.2, -0.15) is 0 Å². The number of hydrogen-bond donors (Lipinski definition) is 1. The number of piperazine rings is 1. The van der Waals surface area contributed by atoms with Crippen LogP contribution >= 0.6 is 0 Å². The number of nitrogens with zero attached hydrogens (tertiary/aromatic N) is 3. The van der Waals surface area contributed by atoms with E-state index in [0.29, 0.717) is 31.0 Å². The lowest BCUT2D eigenvalue weighted by Crippen LogP contribution is -2.55. The number of fused-ring (bicyclic) bond motifs is 2. The second kappa shape index (κ2) is 6.17. The Hall–Kier alpha value is -2.18. The molecule has 1 aliphatic carbocycles. The summed E-state index contributed by atoms with van der Waals surface area (Å²) in [5, 5.41) is 1.41. The largest absolute Gasteiger partial charge is 0.361 e. The smallest absolute Gasteiger partial charge is 0.243 e. The lowest BCUT2D eigenvalue weighted by Gasteiger charge is -2.46. The van der Waals surface area contributed by atoms with Crippen LogP contribution in [0.15, 0.2) is 24.4 Å². The van der Waals surface area contributed by atoms with E-state index in [-0.39, 0.29) is 11.8 Å². The number of rotatable bonds is 2. The Labute approximate surface area is 159 Å². The first-order valence-electron chi connectivity index (χ1n) is 9.82. The number of carbonyl (C=O) groups excluding carboxylic acids is 2. The summed E-state index contributed by atoms with van der Waals surface area (Å²) in [5.41, 5.74) is 4.13. The summed E-state index contributed by atoms with van der Waals surface area (Å²) in [5.74, 6) is 0.802. The number of hydrogen-bond acceptors (Lipinski definition) is 4. The first-order valence-corrected chi connectivity index (χ1v) is 9.82. The summed E-state index contributed by atoms with van der Waals surface area (Å²) in [6.07, 6.45) is 4.38. The number of benzene rings is 1. The van der Waals surface area contributed by atoms with Crippen LogP contribution in [0.3, 0.4) is 0 Å². The zero-order valence-electron chi connectivity index (χ0n) is 15.9. The van der Waals surface area contributed by atoms with Gasteiger partial charge in [-0.25, -0.2) is 0 Å². The zero-order valence-corrected chi connectivity index (χ0v) is 15.9. The van der Waals surface area contributed by atoms with Gasteiger partial charge in [-0.1, -0.05) is 12.1 Å². The molecule has 0 spiro atoms. The van der Waals surface area contributed by atoms with E-state index in [4.69, 9.17) is 0 Å². The highest BCUT2D eigenvalue weighted by molar-refractivity contribution is 5.99. The van der Waals surface area contributed by atoms with Gasteiger partial charge >= 0.3 is 0 Å². The van der Waals surface area contributed by atoms with Gasteiger partial charge < -0.3 is 9.88 Å². The number of piperidine rings is 1. The monoisotopic (exact) mass is 366 g/mol. The van der Waals surface area contributed by atoms with Crippen molar-refractivity contribution in [3.05, 3.63) is 35.5 Å². The van der Waals surface area contributed by atoms with Gasteiger partial charge in [-0.3, -0.25) is 19.4 Å². The predicted octanol–water partition coefficient (Wildman–Crippen LogP) is 1.43. The standard InChI is InChI=1S/C21H26N4O2/c1-23-9-13(10-25-11-19(26)24(2)20(27)12-25)6-16-15-4-3-5-17-21(15)14(8-22-17)7-18(16)23/h3-5,8,13,16,18,22H,6-7,9-12H2,1-2H3/t13-,16-,18-/m1/s1. The van der Waals surface area contributed by atoms with Gasteiger partial charge in [-0.05, 0) is 43.0 Å². The normalized spacial score (nSPS) is 29.4. The Balaban J connectivity index is 1.39. The topological polar surface area (TPSA) is 59.7 Å². The molecular weight excluding hydrogens is 340 g/mol. The van der Waals surface area contributed by atoms with Crippen molar-refractivity contribution in [3.8, 4) is 0 Å². The average molecular weight is 366 g/mol. The Morgan fingerprint density at radius 3 is 2.70 bits per heavy atom. The molecule has 2 fully saturated rings. The molecule has 6 heteroatoms. The molecule has 6 nitrogen and oxygen atoms in total. The average Bonchev–Trinajstić information content (AvgIpc) is 3.05. The van der Waals surface area contributed by atoms with Crippen molar-refractivity contribution in [2.45, 2.75) is 24.8 Å². The minimum atomic E-state index is -0.0901. The summed E-state index contributed by atoms with van der Waals surface area (Å²) in [6, 6.07) is 7.14. The van der Waals surface area contributed by atoms with Crippen LogP contribution in [0.4, 0.5) is 0 Å². The van der Waals surface area contributed by atoms with Gasteiger partial charge in [0.15, 0.2) is 0 Å². The molecule has 5 rings (SSSR count). The molecule has 3 atom stereocenters. The summed E-state index contributed by atoms with van der Waals surface area (Å²) in [4.78, 5) is 33.3. The molecule has 3 heterocycles. The van der Waals surface area contributed by atoms with Crippen LogP contribution in [0.25, 0.3) is 10.9 Å². The van der Waals surface area contributed by atoms with Crippen molar-refractivity contribution in [3.63, 3.8) is 0 Å². The van der Waals surface area contributed by atoms with Gasteiger partial charge in [0.05, 0.1) is 13.1 Å². The van der Waals surface area contributed by atoms with E-state index >= 15 is 0 Å². The third-order valence-electron chi connectivity index (χ3n) is 6.79. The van der Waals surface area contributed by atoms with E-state index in [2.05, 4.69) is 41.3 Å². The maximum Gasteiger partial charge on any atom is 0.243 e. The number of aromatic nitrogens is 1. The van der Waals surface area contributed by atoms with Crippen LogP contribution in [0.2, 0.25) is 0 Å². The molecule has 1 N–H and O–H groups in total. The minimum Gasteiger partial charge on any atom is -0.361 e. The lowest BCUT2D eigenvalue weighted by molar-refractivity contribution is -0.149. The highest BCUT2D eigenvalue weighted by Crippen LogP contribution is 2.44. The van der Waals surface area contributed by atoms with Crippen molar-refractivity contribution >= 4 is 22.7 Å². The molecule has 0 saturated carbocycles. The number of imide groups is 1. The third-order valence-corrected chi connectivity index (χ3v) is 6.79. The van der Waals surface area contributed by atoms with Crippen molar-refractivity contribution in [1.29, 1.82) is 0 Å². The highest BCUT2D eigenvalue weighted by Gasteiger charge is 2.40. The summed E-state index contributed by atoms with van der Waals surface area (Å²) in [6.45, 7) is 2.54. The number of aromatic amines is 1. The van der Waals surface area contributed by atoms with E-state index in [0.717, 1.165) is 25.9 Å².